The van der Waals surface area contributed by atoms with Crippen LogP contribution in [0.3, 0.4) is 0 Å². The Hall–Kier alpha value is -1.53. The van der Waals surface area contributed by atoms with E-state index in [0.29, 0.717) is 12.3 Å². The minimum atomic E-state index is -0.289. The van der Waals surface area contributed by atoms with Crippen LogP contribution in [0.15, 0.2) is 18.2 Å². The van der Waals surface area contributed by atoms with Gasteiger partial charge in [0.15, 0.2) is 0 Å². The van der Waals surface area contributed by atoms with Gasteiger partial charge in [0.2, 0.25) is 0 Å². The number of nitrogens with one attached hydrogen (secondary N) is 1. The maximum Gasteiger partial charge on any atom is 0.149 e. The molecule has 98 valence electrons. The van der Waals surface area contributed by atoms with E-state index in [0.717, 1.165) is 5.56 Å². The fourth-order valence-electron chi connectivity index (χ4n) is 1.36. The third-order valence-corrected chi connectivity index (χ3v) is 2.24. The molecule has 0 heterocycles. The van der Waals surface area contributed by atoms with Crippen LogP contribution in [-0.4, -0.2) is 12.1 Å². The van der Waals surface area contributed by atoms with E-state index in [1.807, 2.05) is 6.07 Å². The lowest BCUT2D eigenvalue weighted by atomic mass is 10.1. The first-order valence-electron chi connectivity index (χ1n) is 5.97. The molecule has 0 radical (unpaired) electrons. The summed E-state index contributed by atoms with van der Waals surface area (Å²) in [7, 11) is 0. The Kier molecular flexibility index (Phi) is 5.18. The second kappa shape index (κ2) is 6.42. The lowest BCUT2D eigenvalue weighted by molar-refractivity contribution is 0.366. The van der Waals surface area contributed by atoms with Crippen LogP contribution in [0.2, 0.25) is 0 Å². The summed E-state index contributed by atoms with van der Waals surface area (Å²) >= 11 is 0. The molecule has 1 aromatic rings. The number of hydrogen-bond acceptors (Lipinski definition) is 2. The van der Waals surface area contributed by atoms with Crippen LogP contribution in [0.25, 0.3) is 0 Å². The van der Waals surface area contributed by atoms with Crippen LogP contribution in [0.4, 0.5) is 4.39 Å². The van der Waals surface area contributed by atoms with E-state index in [9.17, 15) is 4.39 Å². The van der Waals surface area contributed by atoms with Crippen molar-refractivity contribution in [3.05, 3.63) is 29.6 Å². The minimum absolute atomic E-state index is 0.00102. The van der Waals surface area contributed by atoms with E-state index in [4.69, 9.17) is 4.74 Å². The van der Waals surface area contributed by atoms with Gasteiger partial charge in [-0.1, -0.05) is 5.92 Å². The van der Waals surface area contributed by atoms with Crippen molar-refractivity contribution in [2.75, 3.05) is 6.61 Å². The second-order valence-corrected chi connectivity index (χ2v) is 5.11. The van der Waals surface area contributed by atoms with Crippen molar-refractivity contribution in [3.8, 4) is 17.6 Å². The standard InChI is InChI=1S/C15H20FNO/c1-5-6-7-18-14-9-12(8-13(16)10-14)11-17-15(2,3)4/h8-10,17H,7,11H2,1-4H3. The highest BCUT2D eigenvalue weighted by molar-refractivity contribution is 5.30. The average molecular weight is 249 g/mol. The Morgan fingerprint density at radius 2 is 2.00 bits per heavy atom. The SMILES string of the molecule is CC#CCOc1cc(F)cc(CNC(C)(C)C)c1. The lowest BCUT2D eigenvalue weighted by Crippen LogP contribution is -2.35. The molecule has 1 N–H and O–H groups in total. The molecule has 0 aliphatic carbocycles. The van der Waals surface area contributed by atoms with Crippen molar-refractivity contribution in [3.63, 3.8) is 0 Å². The van der Waals surface area contributed by atoms with Gasteiger partial charge in [-0.25, -0.2) is 4.39 Å². The molecule has 0 saturated carbocycles. The summed E-state index contributed by atoms with van der Waals surface area (Å²) in [5.41, 5.74) is 0.866. The number of ether oxygens (including phenoxy) is 1. The second-order valence-electron chi connectivity index (χ2n) is 5.11. The van der Waals surface area contributed by atoms with Crippen LogP contribution in [-0.2, 0) is 6.54 Å². The molecule has 3 heteroatoms. The summed E-state index contributed by atoms with van der Waals surface area (Å²) in [6.45, 7) is 8.85. The summed E-state index contributed by atoms with van der Waals surface area (Å²) in [6.07, 6.45) is 0. The maximum atomic E-state index is 13.4. The highest BCUT2D eigenvalue weighted by Gasteiger charge is 2.09. The van der Waals surface area contributed by atoms with E-state index >= 15 is 0 Å². The minimum Gasteiger partial charge on any atom is -0.481 e. The van der Waals surface area contributed by atoms with Crippen LogP contribution in [0.5, 0.6) is 5.75 Å². The van der Waals surface area contributed by atoms with Crippen LogP contribution in [0, 0.1) is 17.7 Å². The van der Waals surface area contributed by atoms with E-state index in [1.54, 1.807) is 6.92 Å². The molecular formula is C15H20FNO. The molecule has 0 aliphatic rings. The molecule has 0 aromatic heterocycles. The quantitative estimate of drug-likeness (QED) is 0.828. The zero-order valence-electron chi connectivity index (χ0n) is 11.4. The third kappa shape index (κ3) is 5.70. The molecule has 2 nitrogen and oxygen atoms in total. The molecule has 0 amide bonds. The van der Waals surface area contributed by atoms with Gasteiger partial charge >= 0.3 is 0 Å². The molecular weight excluding hydrogens is 229 g/mol. The molecule has 0 spiro atoms. The number of halogens is 1. The molecule has 0 saturated heterocycles. The summed E-state index contributed by atoms with van der Waals surface area (Å²) in [6, 6.07) is 4.72. The normalized spacial score (nSPS) is 10.7. The summed E-state index contributed by atoms with van der Waals surface area (Å²) in [4.78, 5) is 0. The van der Waals surface area contributed by atoms with E-state index in [2.05, 4.69) is 37.9 Å². The Bertz CT molecular complexity index is 452. The van der Waals surface area contributed by atoms with Gasteiger partial charge < -0.3 is 10.1 Å². The van der Waals surface area contributed by atoms with Crippen LogP contribution in [0.1, 0.15) is 33.3 Å². The van der Waals surface area contributed by atoms with E-state index in [-0.39, 0.29) is 18.0 Å². The average Bonchev–Trinajstić information content (AvgIpc) is 2.25. The third-order valence-electron chi connectivity index (χ3n) is 2.24. The highest BCUT2D eigenvalue weighted by Crippen LogP contribution is 2.17. The zero-order valence-corrected chi connectivity index (χ0v) is 11.4. The summed E-state index contributed by atoms with van der Waals surface area (Å²) in [5, 5.41) is 3.31. The number of hydrogen-bond donors (Lipinski definition) is 1. The Morgan fingerprint density at radius 3 is 2.61 bits per heavy atom. The zero-order chi connectivity index (χ0) is 13.6. The lowest BCUT2D eigenvalue weighted by Gasteiger charge is -2.20. The molecule has 0 atom stereocenters. The highest BCUT2D eigenvalue weighted by atomic mass is 19.1. The Morgan fingerprint density at radius 1 is 1.28 bits per heavy atom. The van der Waals surface area contributed by atoms with Gasteiger partial charge in [-0.2, -0.15) is 0 Å². The van der Waals surface area contributed by atoms with Gasteiger partial charge in [-0.05, 0) is 45.4 Å². The number of rotatable bonds is 4. The molecule has 18 heavy (non-hydrogen) atoms. The first-order chi connectivity index (χ1) is 8.40. The fraction of sp³-hybridized carbons (Fsp3) is 0.467. The predicted octanol–water partition coefficient (Wildman–Crippen LogP) is 3.12. The van der Waals surface area contributed by atoms with Gasteiger partial charge in [0, 0.05) is 18.2 Å². The van der Waals surface area contributed by atoms with Crippen LogP contribution >= 0.6 is 0 Å². The van der Waals surface area contributed by atoms with Crippen LogP contribution < -0.4 is 10.1 Å². The van der Waals surface area contributed by atoms with Gasteiger partial charge in [-0.15, -0.1) is 5.92 Å². The van der Waals surface area contributed by atoms with E-state index < -0.39 is 0 Å². The summed E-state index contributed by atoms with van der Waals surface area (Å²) < 4.78 is 18.8. The topological polar surface area (TPSA) is 21.3 Å². The summed E-state index contributed by atoms with van der Waals surface area (Å²) in [5.74, 6) is 5.74. The monoisotopic (exact) mass is 249 g/mol. The first-order valence-corrected chi connectivity index (χ1v) is 5.97. The van der Waals surface area contributed by atoms with Crippen molar-refractivity contribution in [1.29, 1.82) is 0 Å². The van der Waals surface area contributed by atoms with Gasteiger partial charge in [0.25, 0.3) is 0 Å². The smallest absolute Gasteiger partial charge is 0.149 e. The molecule has 0 fully saturated rings. The molecule has 1 aromatic carbocycles. The fourth-order valence-corrected chi connectivity index (χ4v) is 1.36. The molecule has 0 bridgehead atoms. The van der Waals surface area contributed by atoms with Crippen molar-refractivity contribution in [2.24, 2.45) is 0 Å². The van der Waals surface area contributed by atoms with Gasteiger partial charge in [-0.3, -0.25) is 0 Å². The van der Waals surface area contributed by atoms with Gasteiger partial charge in [0.05, 0.1) is 0 Å². The molecule has 0 unspecified atom stereocenters. The van der Waals surface area contributed by atoms with Crippen molar-refractivity contribution >= 4 is 0 Å². The molecule has 1 rings (SSSR count). The first kappa shape index (κ1) is 14.5. The van der Waals surface area contributed by atoms with Crippen molar-refractivity contribution in [1.82, 2.24) is 5.32 Å². The molecule has 0 aliphatic heterocycles. The largest absolute Gasteiger partial charge is 0.481 e. The number of benzene rings is 1. The predicted molar refractivity (Wildman–Crippen MR) is 71.9 cm³/mol. The van der Waals surface area contributed by atoms with E-state index in [1.165, 1.54) is 12.1 Å². The maximum absolute atomic E-state index is 13.4. The van der Waals surface area contributed by atoms with Crippen molar-refractivity contribution in [2.45, 2.75) is 39.8 Å². The Labute approximate surface area is 109 Å². The van der Waals surface area contributed by atoms with Crippen molar-refractivity contribution < 1.29 is 9.13 Å². The van der Waals surface area contributed by atoms with Gasteiger partial charge in [0.1, 0.15) is 18.2 Å². The Balaban J connectivity index is 2.70.